The summed E-state index contributed by atoms with van der Waals surface area (Å²) in [6.07, 6.45) is 3.79. The summed E-state index contributed by atoms with van der Waals surface area (Å²) < 4.78 is 8.14. The molecule has 0 aliphatic heterocycles. The van der Waals surface area contributed by atoms with Gasteiger partial charge in [0, 0.05) is 16.9 Å². The van der Waals surface area contributed by atoms with Gasteiger partial charge >= 0.3 is 0 Å². The normalized spacial score (nSPS) is 13.5. The Kier molecular flexibility index (Phi) is 4.89. The standard InChI is InChI=1S/C25H24N4O3/c1-15-4-11-21(16(2)12-15)29-24-20(13-26-29)23(18-5-6-18)27-28(25(24)31)14-22(30)17-7-9-19(32-3)10-8-17/h4,7-13,18H,5-6,14H2,1-3H3. The molecule has 0 amide bonds. The van der Waals surface area contributed by atoms with E-state index < -0.39 is 0 Å². The molecule has 7 nitrogen and oxygen atoms in total. The Morgan fingerprint density at radius 1 is 1.12 bits per heavy atom. The smallest absolute Gasteiger partial charge is 0.293 e. The predicted octanol–water partition coefficient (Wildman–Crippen LogP) is 3.97. The topological polar surface area (TPSA) is 79.0 Å². The lowest BCUT2D eigenvalue weighted by Gasteiger charge is -2.11. The van der Waals surface area contributed by atoms with Crippen molar-refractivity contribution < 1.29 is 9.53 Å². The number of Topliss-reactive ketones (excluding diaryl/α,β-unsaturated/α-hetero) is 1. The highest BCUT2D eigenvalue weighted by molar-refractivity contribution is 5.96. The predicted molar refractivity (Wildman–Crippen MR) is 122 cm³/mol. The fourth-order valence-electron chi connectivity index (χ4n) is 4.09. The Hall–Kier alpha value is -3.74. The quantitative estimate of drug-likeness (QED) is 0.434. The minimum Gasteiger partial charge on any atom is -0.497 e. The van der Waals surface area contributed by atoms with E-state index in [0.717, 1.165) is 40.7 Å². The molecule has 1 aliphatic carbocycles. The number of ether oxygens (including phenoxy) is 1. The maximum absolute atomic E-state index is 13.5. The van der Waals surface area contributed by atoms with Crippen LogP contribution in [-0.2, 0) is 6.54 Å². The molecule has 32 heavy (non-hydrogen) atoms. The number of hydrogen-bond acceptors (Lipinski definition) is 5. The van der Waals surface area contributed by atoms with Gasteiger partial charge in [0.1, 0.15) is 17.8 Å². The lowest BCUT2D eigenvalue weighted by atomic mass is 10.1. The number of nitrogens with zero attached hydrogens (tertiary/aromatic N) is 4. The molecule has 2 aromatic heterocycles. The second kappa shape index (κ2) is 7.75. The van der Waals surface area contributed by atoms with Crippen molar-refractivity contribution >= 4 is 16.7 Å². The highest BCUT2D eigenvalue weighted by atomic mass is 16.5. The van der Waals surface area contributed by atoms with E-state index in [1.807, 2.05) is 26.0 Å². The van der Waals surface area contributed by atoms with Crippen LogP contribution in [0.1, 0.15) is 45.9 Å². The van der Waals surface area contributed by atoms with Gasteiger partial charge in [0.25, 0.3) is 5.56 Å². The second-order valence-electron chi connectivity index (χ2n) is 8.38. The molecule has 0 N–H and O–H groups in total. The van der Waals surface area contributed by atoms with Crippen molar-refractivity contribution in [3.63, 3.8) is 0 Å². The number of ketones is 1. The van der Waals surface area contributed by atoms with Gasteiger partial charge in [-0.05, 0) is 62.6 Å². The van der Waals surface area contributed by atoms with Crippen molar-refractivity contribution in [3.05, 3.63) is 81.4 Å². The molecule has 1 aliphatic rings. The third-order valence-corrected chi connectivity index (χ3v) is 5.96. The van der Waals surface area contributed by atoms with Gasteiger partial charge in [0.15, 0.2) is 5.78 Å². The zero-order chi connectivity index (χ0) is 22.4. The Morgan fingerprint density at radius 2 is 1.88 bits per heavy atom. The highest BCUT2D eigenvalue weighted by Crippen LogP contribution is 2.41. The minimum absolute atomic E-state index is 0.126. The summed E-state index contributed by atoms with van der Waals surface area (Å²) in [5, 5.41) is 9.93. The Balaban J connectivity index is 1.62. The van der Waals surface area contributed by atoms with E-state index in [-0.39, 0.29) is 17.9 Å². The molecule has 1 fully saturated rings. The number of aromatic nitrogens is 4. The van der Waals surface area contributed by atoms with Crippen LogP contribution in [-0.4, -0.2) is 32.5 Å². The summed E-state index contributed by atoms with van der Waals surface area (Å²) in [5.74, 6) is 0.796. The average molecular weight is 428 g/mol. The van der Waals surface area contributed by atoms with E-state index in [1.165, 1.54) is 4.68 Å². The second-order valence-corrected chi connectivity index (χ2v) is 8.38. The van der Waals surface area contributed by atoms with E-state index in [1.54, 1.807) is 42.3 Å². The maximum Gasteiger partial charge on any atom is 0.293 e. The van der Waals surface area contributed by atoms with E-state index in [2.05, 4.69) is 16.3 Å². The van der Waals surface area contributed by atoms with Crippen LogP contribution in [0.4, 0.5) is 0 Å². The van der Waals surface area contributed by atoms with Gasteiger partial charge in [-0.25, -0.2) is 9.36 Å². The van der Waals surface area contributed by atoms with E-state index in [9.17, 15) is 9.59 Å². The zero-order valence-electron chi connectivity index (χ0n) is 18.3. The monoisotopic (exact) mass is 428 g/mol. The van der Waals surface area contributed by atoms with Crippen LogP contribution in [0.5, 0.6) is 5.75 Å². The summed E-state index contributed by atoms with van der Waals surface area (Å²) in [6.45, 7) is 3.91. The number of carbonyl (C=O) groups is 1. The first kappa shape index (κ1) is 20.2. The molecule has 0 atom stereocenters. The number of aryl methyl sites for hydroxylation is 2. The highest BCUT2D eigenvalue weighted by Gasteiger charge is 2.30. The van der Waals surface area contributed by atoms with Gasteiger partial charge in [-0.1, -0.05) is 17.7 Å². The number of carbonyl (C=O) groups excluding carboxylic acids is 1. The fourth-order valence-corrected chi connectivity index (χ4v) is 4.09. The third-order valence-electron chi connectivity index (χ3n) is 5.96. The van der Waals surface area contributed by atoms with Gasteiger partial charge < -0.3 is 4.74 Å². The van der Waals surface area contributed by atoms with Crippen molar-refractivity contribution in [2.24, 2.45) is 0 Å². The number of hydrogen-bond donors (Lipinski definition) is 0. The SMILES string of the molecule is COc1ccc(C(=O)Cn2nc(C3CC3)c3cnn(-c4ccc(C)cc4C)c3c2=O)cc1. The third kappa shape index (κ3) is 3.49. The largest absolute Gasteiger partial charge is 0.497 e. The molecule has 1 saturated carbocycles. The fraction of sp³-hybridized carbons (Fsp3) is 0.280. The number of rotatable bonds is 6. The summed E-state index contributed by atoms with van der Waals surface area (Å²) in [7, 11) is 1.58. The molecule has 4 aromatic rings. The summed E-state index contributed by atoms with van der Waals surface area (Å²) in [5.41, 5.74) is 4.53. The minimum atomic E-state index is -0.316. The Labute approximate surface area is 185 Å². The molecule has 5 rings (SSSR count). The van der Waals surface area contributed by atoms with Crippen LogP contribution in [0.15, 0.2) is 53.5 Å². The lowest BCUT2D eigenvalue weighted by molar-refractivity contribution is 0.0965. The molecule has 0 bridgehead atoms. The Morgan fingerprint density at radius 3 is 2.53 bits per heavy atom. The lowest BCUT2D eigenvalue weighted by Crippen LogP contribution is -2.29. The molecule has 2 heterocycles. The van der Waals surface area contributed by atoms with Crippen molar-refractivity contribution in [2.75, 3.05) is 7.11 Å². The Bertz CT molecular complexity index is 1400. The van der Waals surface area contributed by atoms with Gasteiger partial charge in [0.05, 0.1) is 24.7 Å². The molecule has 2 aromatic carbocycles. The summed E-state index contributed by atoms with van der Waals surface area (Å²) >= 11 is 0. The van der Waals surface area contributed by atoms with Gasteiger partial charge in [0.2, 0.25) is 0 Å². The molecule has 7 heteroatoms. The van der Waals surface area contributed by atoms with Crippen LogP contribution in [0.2, 0.25) is 0 Å². The van der Waals surface area contributed by atoms with Crippen LogP contribution < -0.4 is 10.3 Å². The van der Waals surface area contributed by atoms with E-state index >= 15 is 0 Å². The van der Waals surface area contributed by atoms with Crippen LogP contribution >= 0.6 is 0 Å². The number of methoxy groups -OCH3 is 1. The zero-order valence-corrected chi connectivity index (χ0v) is 18.3. The van der Waals surface area contributed by atoms with Gasteiger partial charge in [-0.2, -0.15) is 10.2 Å². The van der Waals surface area contributed by atoms with Gasteiger partial charge in [-0.3, -0.25) is 9.59 Å². The first-order valence-corrected chi connectivity index (χ1v) is 10.7. The van der Waals surface area contributed by atoms with Crippen molar-refractivity contribution in [1.82, 2.24) is 19.6 Å². The van der Waals surface area contributed by atoms with Gasteiger partial charge in [-0.15, -0.1) is 0 Å². The molecule has 0 saturated heterocycles. The maximum atomic E-state index is 13.5. The van der Waals surface area contributed by atoms with Crippen LogP contribution in [0.3, 0.4) is 0 Å². The van der Waals surface area contributed by atoms with Crippen LogP contribution in [0, 0.1) is 13.8 Å². The molecular weight excluding hydrogens is 404 g/mol. The number of benzene rings is 2. The van der Waals surface area contributed by atoms with Crippen LogP contribution in [0.25, 0.3) is 16.6 Å². The van der Waals surface area contributed by atoms with E-state index in [4.69, 9.17) is 4.74 Å². The number of fused-ring (bicyclic) bond motifs is 1. The molecule has 162 valence electrons. The first-order chi connectivity index (χ1) is 15.5. The molecular formula is C25H24N4O3. The summed E-state index contributed by atoms with van der Waals surface area (Å²) in [6, 6.07) is 12.9. The van der Waals surface area contributed by atoms with Crippen molar-refractivity contribution in [3.8, 4) is 11.4 Å². The molecule has 0 unspecified atom stereocenters. The summed E-state index contributed by atoms with van der Waals surface area (Å²) in [4.78, 5) is 26.4. The van der Waals surface area contributed by atoms with Crippen molar-refractivity contribution in [2.45, 2.75) is 39.2 Å². The van der Waals surface area contributed by atoms with Crippen molar-refractivity contribution in [1.29, 1.82) is 0 Å². The van der Waals surface area contributed by atoms with E-state index in [0.29, 0.717) is 22.7 Å². The molecule has 0 radical (unpaired) electrons. The molecule has 0 spiro atoms. The first-order valence-electron chi connectivity index (χ1n) is 10.7. The average Bonchev–Trinajstić information content (AvgIpc) is 3.54.